The van der Waals surface area contributed by atoms with Crippen molar-refractivity contribution in [3.8, 4) is 6.07 Å². The van der Waals surface area contributed by atoms with Crippen LogP contribution < -0.4 is 5.32 Å². The SMILES string of the molecule is C[C@H]1CN(Cc2ccccc2)C[C@@H]1NCc1ccc(C#N)o1. The Morgan fingerprint density at radius 3 is 2.77 bits per heavy atom. The van der Waals surface area contributed by atoms with Crippen molar-refractivity contribution >= 4 is 0 Å². The number of nitrogens with one attached hydrogen (secondary N) is 1. The molecule has 2 aromatic rings. The van der Waals surface area contributed by atoms with Crippen LogP contribution in [0.5, 0.6) is 0 Å². The van der Waals surface area contributed by atoms with Crippen molar-refractivity contribution in [2.45, 2.75) is 26.1 Å². The third kappa shape index (κ3) is 3.56. The zero-order chi connectivity index (χ0) is 15.4. The molecule has 1 aromatic heterocycles. The number of hydrogen-bond acceptors (Lipinski definition) is 4. The highest BCUT2D eigenvalue weighted by Crippen LogP contribution is 2.19. The second-order valence-corrected chi connectivity index (χ2v) is 6.02. The van der Waals surface area contributed by atoms with Crippen LogP contribution in [0, 0.1) is 17.2 Å². The van der Waals surface area contributed by atoms with Crippen LogP contribution in [-0.4, -0.2) is 24.0 Å². The van der Waals surface area contributed by atoms with E-state index in [0.717, 1.165) is 25.4 Å². The minimum Gasteiger partial charge on any atom is -0.449 e. The molecule has 1 aliphatic rings. The standard InChI is InChI=1S/C18H21N3O/c1-14-11-21(12-15-5-3-2-4-6-15)13-18(14)20-10-17-8-7-16(9-19)22-17/h2-8,14,18,20H,10-13H2,1H3/t14-,18-/m0/s1. The first-order valence-electron chi connectivity index (χ1n) is 7.73. The van der Waals surface area contributed by atoms with Gasteiger partial charge in [0, 0.05) is 25.7 Å². The van der Waals surface area contributed by atoms with E-state index in [1.165, 1.54) is 5.56 Å². The Morgan fingerprint density at radius 2 is 2.05 bits per heavy atom. The third-order valence-electron chi connectivity index (χ3n) is 4.25. The van der Waals surface area contributed by atoms with Crippen molar-refractivity contribution in [2.75, 3.05) is 13.1 Å². The summed E-state index contributed by atoms with van der Waals surface area (Å²) in [6.07, 6.45) is 0. The van der Waals surface area contributed by atoms with Crippen molar-refractivity contribution in [3.63, 3.8) is 0 Å². The van der Waals surface area contributed by atoms with Crippen LogP contribution in [0.2, 0.25) is 0 Å². The van der Waals surface area contributed by atoms with Crippen LogP contribution in [0.15, 0.2) is 46.9 Å². The maximum Gasteiger partial charge on any atom is 0.203 e. The molecule has 0 amide bonds. The predicted octanol–water partition coefficient (Wildman–Crippen LogP) is 2.76. The summed E-state index contributed by atoms with van der Waals surface area (Å²) >= 11 is 0. The Balaban J connectivity index is 1.51. The summed E-state index contributed by atoms with van der Waals surface area (Å²) in [5.74, 6) is 1.81. The second-order valence-electron chi connectivity index (χ2n) is 6.02. The van der Waals surface area contributed by atoms with Gasteiger partial charge in [0.15, 0.2) is 0 Å². The lowest BCUT2D eigenvalue weighted by Gasteiger charge is -2.16. The van der Waals surface area contributed by atoms with Gasteiger partial charge in [-0.2, -0.15) is 5.26 Å². The lowest BCUT2D eigenvalue weighted by Crippen LogP contribution is -2.34. The van der Waals surface area contributed by atoms with Gasteiger partial charge in [-0.25, -0.2) is 0 Å². The van der Waals surface area contributed by atoms with E-state index in [-0.39, 0.29) is 0 Å². The molecule has 0 unspecified atom stereocenters. The minimum atomic E-state index is 0.377. The van der Waals surface area contributed by atoms with E-state index < -0.39 is 0 Å². The van der Waals surface area contributed by atoms with E-state index in [0.29, 0.717) is 24.3 Å². The van der Waals surface area contributed by atoms with Crippen molar-refractivity contribution in [3.05, 3.63) is 59.5 Å². The Hall–Kier alpha value is -2.09. The van der Waals surface area contributed by atoms with Crippen LogP contribution in [0.1, 0.15) is 24.0 Å². The molecular weight excluding hydrogens is 274 g/mol. The monoisotopic (exact) mass is 295 g/mol. The molecule has 4 nitrogen and oxygen atoms in total. The Kier molecular flexibility index (Phi) is 4.57. The van der Waals surface area contributed by atoms with E-state index >= 15 is 0 Å². The molecule has 22 heavy (non-hydrogen) atoms. The molecule has 0 spiro atoms. The molecule has 1 fully saturated rings. The summed E-state index contributed by atoms with van der Waals surface area (Å²) < 4.78 is 5.41. The predicted molar refractivity (Wildman–Crippen MR) is 84.9 cm³/mol. The van der Waals surface area contributed by atoms with E-state index in [4.69, 9.17) is 9.68 Å². The summed E-state index contributed by atoms with van der Waals surface area (Å²) in [6.45, 7) is 6.11. The molecule has 4 heteroatoms. The molecule has 0 saturated carbocycles. The number of likely N-dealkylation sites (tertiary alicyclic amines) is 1. The molecule has 1 aliphatic heterocycles. The fourth-order valence-corrected chi connectivity index (χ4v) is 3.07. The van der Waals surface area contributed by atoms with Crippen LogP contribution in [0.3, 0.4) is 0 Å². The number of hydrogen-bond donors (Lipinski definition) is 1. The topological polar surface area (TPSA) is 52.2 Å². The maximum absolute atomic E-state index is 8.78. The van der Waals surface area contributed by atoms with Crippen molar-refractivity contribution < 1.29 is 4.42 Å². The van der Waals surface area contributed by atoms with Gasteiger partial charge >= 0.3 is 0 Å². The van der Waals surface area contributed by atoms with Crippen molar-refractivity contribution in [2.24, 2.45) is 5.92 Å². The van der Waals surface area contributed by atoms with E-state index in [2.05, 4.69) is 47.5 Å². The third-order valence-corrected chi connectivity index (χ3v) is 4.25. The zero-order valence-corrected chi connectivity index (χ0v) is 12.8. The van der Waals surface area contributed by atoms with Gasteiger partial charge in [-0.3, -0.25) is 4.90 Å². The van der Waals surface area contributed by atoms with E-state index in [1.807, 2.05) is 12.1 Å². The van der Waals surface area contributed by atoms with Gasteiger partial charge in [-0.15, -0.1) is 0 Å². The Labute approximate surface area is 131 Å². The zero-order valence-electron chi connectivity index (χ0n) is 12.8. The fourth-order valence-electron chi connectivity index (χ4n) is 3.07. The molecule has 0 radical (unpaired) electrons. The number of nitrogens with zero attached hydrogens (tertiary/aromatic N) is 2. The molecule has 2 heterocycles. The second kappa shape index (κ2) is 6.78. The van der Waals surface area contributed by atoms with Crippen LogP contribution in [0.4, 0.5) is 0 Å². The van der Waals surface area contributed by atoms with E-state index in [9.17, 15) is 0 Å². The number of benzene rings is 1. The molecule has 2 atom stereocenters. The first-order chi connectivity index (χ1) is 10.7. The van der Waals surface area contributed by atoms with Gasteiger partial charge in [-0.1, -0.05) is 37.3 Å². The molecule has 0 bridgehead atoms. The largest absolute Gasteiger partial charge is 0.449 e. The van der Waals surface area contributed by atoms with Gasteiger partial charge in [-0.05, 0) is 23.6 Å². The van der Waals surface area contributed by atoms with Crippen LogP contribution >= 0.6 is 0 Å². The summed E-state index contributed by atoms with van der Waals surface area (Å²) in [4.78, 5) is 2.49. The highest BCUT2D eigenvalue weighted by molar-refractivity contribution is 5.19. The first kappa shape index (κ1) is 14.8. The number of rotatable bonds is 5. The van der Waals surface area contributed by atoms with Gasteiger partial charge in [0.2, 0.25) is 5.76 Å². The molecular formula is C18H21N3O. The first-order valence-corrected chi connectivity index (χ1v) is 7.73. The highest BCUT2D eigenvalue weighted by Gasteiger charge is 2.29. The summed E-state index contributed by atoms with van der Waals surface area (Å²) in [5.41, 5.74) is 1.36. The smallest absolute Gasteiger partial charge is 0.203 e. The number of nitriles is 1. The molecule has 114 valence electrons. The van der Waals surface area contributed by atoms with Gasteiger partial charge in [0.05, 0.1) is 6.54 Å². The number of furan rings is 1. The molecule has 1 N–H and O–H groups in total. The minimum absolute atomic E-state index is 0.377. The van der Waals surface area contributed by atoms with Crippen LogP contribution in [0.25, 0.3) is 0 Å². The highest BCUT2D eigenvalue weighted by atomic mass is 16.3. The van der Waals surface area contributed by atoms with E-state index in [1.54, 1.807) is 6.07 Å². The molecule has 3 rings (SSSR count). The molecule has 0 aliphatic carbocycles. The lowest BCUT2D eigenvalue weighted by atomic mass is 10.1. The van der Waals surface area contributed by atoms with Gasteiger partial charge in [0.1, 0.15) is 11.8 Å². The van der Waals surface area contributed by atoms with Gasteiger partial charge < -0.3 is 9.73 Å². The van der Waals surface area contributed by atoms with Gasteiger partial charge in [0.25, 0.3) is 0 Å². The molecule has 1 saturated heterocycles. The summed E-state index contributed by atoms with van der Waals surface area (Å²) in [5, 5.41) is 12.3. The fraction of sp³-hybridized carbons (Fsp3) is 0.389. The van der Waals surface area contributed by atoms with Crippen LogP contribution in [-0.2, 0) is 13.1 Å². The average Bonchev–Trinajstić information content (AvgIpc) is 3.13. The quantitative estimate of drug-likeness (QED) is 0.921. The summed E-state index contributed by atoms with van der Waals surface area (Å²) in [6, 6.07) is 16.7. The Bertz CT molecular complexity index is 644. The van der Waals surface area contributed by atoms with Crippen molar-refractivity contribution in [1.29, 1.82) is 5.26 Å². The summed E-state index contributed by atoms with van der Waals surface area (Å²) in [7, 11) is 0. The maximum atomic E-state index is 8.78. The normalized spacial score (nSPS) is 21.8. The lowest BCUT2D eigenvalue weighted by molar-refractivity contribution is 0.315. The average molecular weight is 295 g/mol. The Morgan fingerprint density at radius 1 is 1.23 bits per heavy atom. The molecule has 1 aromatic carbocycles. The van der Waals surface area contributed by atoms with Crippen molar-refractivity contribution in [1.82, 2.24) is 10.2 Å².